The van der Waals surface area contributed by atoms with Crippen LogP contribution in [0.1, 0.15) is 25.3 Å². The highest BCUT2D eigenvalue weighted by atomic mass is 33.1. The van der Waals surface area contributed by atoms with Crippen molar-refractivity contribution in [3.8, 4) is 0 Å². The van der Waals surface area contributed by atoms with E-state index in [9.17, 15) is 0 Å². The lowest BCUT2D eigenvalue weighted by molar-refractivity contribution is 0.786. The molecule has 2 rings (SSSR count). The minimum Gasteiger partial charge on any atom is -0.345 e. The number of hydrogen-bond donors (Lipinski definition) is 1. The molecule has 0 atom stereocenters. The van der Waals surface area contributed by atoms with Gasteiger partial charge in [-0.3, -0.25) is 0 Å². The predicted molar refractivity (Wildman–Crippen MR) is 74.1 cm³/mol. The number of rotatable bonds is 5. The molecule has 0 fully saturated rings. The van der Waals surface area contributed by atoms with Gasteiger partial charge in [0.15, 0.2) is 0 Å². The fourth-order valence-electron chi connectivity index (χ4n) is 1.74. The van der Waals surface area contributed by atoms with Crippen molar-refractivity contribution >= 4 is 32.6 Å². The Morgan fingerprint density at radius 3 is 3.00 bits per heavy atom. The van der Waals surface area contributed by atoms with E-state index in [0.29, 0.717) is 0 Å². The van der Waals surface area contributed by atoms with Crippen molar-refractivity contribution in [1.29, 1.82) is 0 Å². The van der Waals surface area contributed by atoms with Gasteiger partial charge in [0.1, 0.15) is 0 Å². The van der Waals surface area contributed by atoms with Crippen LogP contribution in [-0.4, -0.2) is 16.2 Å². The maximum Gasteiger partial charge on any atom is 0.0931 e. The van der Waals surface area contributed by atoms with Gasteiger partial charge < -0.3 is 4.98 Å². The smallest absolute Gasteiger partial charge is 0.0931 e. The van der Waals surface area contributed by atoms with Crippen LogP contribution in [0.15, 0.2) is 23.4 Å². The maximum atomic E-state index is 4.30. The predicted octanol–water partition coefficient (Wildman–Crippen LogP) is 4.28. The number of unbranched alkanes of at least 4 members (excludes halogenated alkanes) is 1. The van der Waals surface area contributed by atoms with E-state index in [1.165, 1.54) is 23.3 Å². The molecular formula is C12H16N2S2. The summed E-state index contributed by atoms with van der Waals surface area (Å²) in [5.74, 6) is 0. The average molecular weight is 252 g/mol. The molecule has 0 unspecified atom stereocenters. The van der Waals surface area contributed by atoms with Gasteiger partial charge in [-0.05, 0) is 36.8 Å². The number of aryl methyl sites for hydroxylation is 1. The maximum absolute atomic E-state index is 4.30. The minimum absolute atomic E-state index is 1.07. The summed E-state index contributed by atoms with van der Waals surface area (Å²) in [5.41, 5.74) is 3.66. The summed E-state index contributed by atoms with van der Waals surface area (Å²) in [6, 6.07) is 4.44. The third-order valence-electron chi connectivity index (χ3n) is 2.58. The molecule has 16 heavy (non-hydrogen) atoms. The van der Waals surface area contributed by atoms with Gasteiger partial charge in [-0.2, -0.15) is 0 Å². The van der Waals surface area contributed by atoms with Crippen LogP contribution in [0.25, 0.3) is 11.0 Å². The van der Waals surface area contributed by atoms with Gasteiger partial charge in [-0.15, -0.1) is 0 Å². The summed E-state index contributed by atoms with van der Waals surface area (Å²) in [4.78, 5) is 8.85. The highest BCUT2D eigenvalue weighted by Gasteiger charge is 2.06. The molecule has 1 N–H and O–H groups in total. The van der Waals surface area contributed by atoms with Gasteiger partial charge in [0.25, 0.3) is 0 Å². The van der Waals surface area contributed by atoms with Crippen molar-refractivity contribution in [1.82, 2.24) is 9.97 Å². The molecule has 0 aliphatic heterocycles. The zero-order valence-electron chi connectivity index (χ0n) is 9.62. The highest BCUT2D eigenvalue weighted by molar-refractivity contribution is 8.76. The van der Waals surface area contributed by atoms with E-state index in [1.807, 2.05) is 10.8 Å². The topological polar surface area (TPSA) is 28.7 Å². The number of nitrogens with zero attached hydrogens (tertiary/aromatic N) is 1. The molecular weight excluding hydrogens is 236 g/mol. The van der Waals surface area contributed by atoms with Crippen molar-refractivity contribution < 1.29 is 0 Å². The Balaban J connectivity index is 2.36. The van der Waals surface area contributed by atoms with Gasteiger partial charge >= 0.3 is 0 Å². The summed E-state index contributed by atoms with van der Waals surface area (Å²) in [7, 11) is 3.63. The van der Waals surface area contributed by atoms with Crippen LogP contribution in [0.5, 0.6) is 0 Å². The van der Waals surface area contributed by atoms with Crippen molar-refractivity contribution in [2.45, 2.75) is 31.1 Å². The Bertz CT molecular complexity index is 465. The Morgan fingerprint density at radius 1 is 1.38 bits per heavy atom. The van der Waals surface area contributed by atoms with E-state index in [2.05, 4.69) is 35.3 Å². The van der Waals surface area contributed by atoms with Crippen LogP contribution in [-0.2, 0) is 6.42 Å². The van der Waals surface area contributed by atoms with Crippen LogP contribution in [0.2, 0.25) is 0 Å². The Hall–Kier alpha value is -0.610. The molecule has 0 amide bonds. The number of benzene rings is 1. The summed E-state index contributed by atoms with van der Waals surface area (Å²) < 4.78 is 0. The van der Waals surface area contributed by atoms with E-state index >= 15 is 0 Å². The lowest BCUT2D eigenvalue weighted by Crippen LogP contribution is -1.88. The molecule has 0 bridgehead atoms. The second-order valence-corrected chi connectivity index (χ2v) is 6.17. The largest absolute Gasteiger partial charge is 0.345 e. The summed E-state index contributed by atoms with van der Waals surface area (Å²) >= 11 is 0. The fraction of sp³-hybridized carbons (Fsp3) is 0.417. The zero-order chi connectivity index (χ0) is 11.4. The van der Waals surface area contributed by atoms with Gasteiger partial charge in [0.2, 0.25) is 0 Å². The third kappa shape index (κ3) is 2.55. The molecule has 86 valence electrons. The number of nitrogens with one attached hydrogen (secondary N) is 1. The second kappa shape index (κ2) is 5.64. The first kappa shape index (κ1) is 11.9. The molecule has 0 aliphatic carbocycles. The molecule has 1 aromatic heterocycles. The number of hydrogen-bond acceptors (Lipinski definition) is 3. The summed E-state index contributed by atoms with van der Waals surface area (Å²) in [5, 5.41) is 0. The van der Waals surface area contributed by atoms with Crippen molar-refractivity contribution in [3.63, 3.8) is 0 Å². The summed E-state index contributed by atoms with van der Waals surface area (Å²) in [6.45, 7) is 2.23. The molecule has 1 heterocycles. The monoisotopic (exact) mass is 252 g/mol. The number of aromatic amines is 1. The number of aromatic nitrogens is 2. The minimum atomic E-state index is 1.07. The van der Waals surface area contributed by atoms with Crippen LogP contribution in [0, 0.1) is 0 Å². The lowest BCUT2D eigenvalue weighted by atomic mass is 10.1. The zero-order valence-corrected chi connectivity index (χ0v) is 11.3. The molecule has 4 heteroatoms. The molecule has 0 spiro atoms. The van der Waals surface area contributed by atoms with E-state index in [-0.39, 0.29) is 0 Å². The molecule has 0 saturated heterocycles. The van der Waals surface area contributed by atoms with Crippen molar-refractivity contribution in [2.75, 3.05) is 6.26 Å². The van der Waals surface area contributed by atoms with Crippen molar-refractivity contribution in [2.24, 2.45) is 0 Å². The highest BCUT2D eigenvalue weighted by Crippen LogP contribution is 2.34. The molecule has 0 radical (unpaired) electrons. The van der Waals surface area contributed by atoms with Crippen molar-refractivity contribution in [3.05, 3.63) is 24.0 Å². The summed E-state index contributed by atoms with van der Waals surface area (Å²) in [6.07, 6.45) is 7.53. The van der Waals surface area contributed by atoms with E-state index in [1.54, 1.807) is 17.1 Å². The van der Waals surface area contributed by atoms with Gasteiger partial charge in [0.05, 0.1) is 17.4 Å². The fourth-order valence-corrected chi connectivity index (χ4v) is 3.35. The van der Waals surface area contributed by atoms with Gasteiger partial charge in [-0.1, -0.05) is 34.9 Å². The number of fused-ring (bicyclic) bond motifs is 1. The molecule has 0 aliphatic rings. The molecule has 0 saturated carbocycles. The average Bonchev–Trinajstić information content (AvgIpc) is 2.73. The van der Waals surface area contributed by atoms with Gasteiger partial charge in [0, 0.05) is 4.90 Å². The second-order valence-electron chi connectivity index (χ2n) is 3.73. The van der Waals surface area contributed by atoms with Crippen LogP contribution < -0.4 is 0 Å². The van der Waals surface area contributed by atoms with Gasteiger partial charge in [-0.25, -0.2) is 4.98 Å². The Kier molecular flexibility index (Phi) is 4.18. The SMILES string of the molecule is CCCCc1cc2[nH]cnc2cc1SSC. The first-order chi connectivity index (χ1) is 7.85. The number of imidazole rings is 1. The quantitative estimate of drug-likeness (QED) is 0.805. The first-order valence-corrected chi connectivity index (χ1v) is 8.07. The Morgan fingerprint density at radius 2 is 2.25 bits per heavy atom. The lowest BCUT2D eigenvalue weighted by Gasteiger charge is -2.07. The third-order valence-corrected chi connectivity index (χ3v) is 4.34. The number of H-pyrrole nitrogens is 1. The Labute approximate surface area is 104 Å². The first-order valence-electron chi connectivity index (χ1n) is 5.51. The standard InChI is InChI=1S/C12H16N2S2/c1-3-4-5-9-6-10-11(14-8-13-10)7-12(9)16-15-2/h6-8H,3-5H2,1-2H3,(H,13,14). The van der Waals surface area contributed by atoms with E-state index < -0.39 is 0 Å². The van der Waals surface area contributed by atoms with Crippen LogP contribution in [0.4, 0.5) is 0 Å². The van der Waals surface area contributed by atoms with E-state index in [4.69, 9.17) is 0 Å². The normalized spacial score (nSPS) is 11.1. The van der Waals surface area contributed by atoms with E-state index in [0.717, 1.165) is 17.5 Å². The van der Waals surface area contributed by atoms with Crippen LogP contribution in [0.3, 0.4) is 0 Å². The molecule has 2 nitrogen and oxygen atoms in total. The molecule has 2 aromatic rings. The molecule has 1 aromatic carbocycles. The van der Waals surface area contributed by atoms with Crippen LogP contribution >= 0.6 is 21.6 Å².